The van der Waals surface area contributed by atoms with E-state index in [1.165, 1.54) is 18.1 Å². The van der Waals surface area contributed by atoms with Gasteiger partial charge in [-0.3, -0.25) is 4.79 Å². The molecule has 0 saturated carbocycles. The monoisotopic (exact) mass is 341 g/mol. The van der Waals surface area contributed by atoms with Crippen molar-refractivity contribution in [1.29, 1.82) is 0 Å². The first-order chi connectivity index (χ1) is 12.1. The van der Waals surface area contributed by atoms with Crippen LogP contribution < -0.4 is 9.47 Å². The van der Waals surface area contributed by atoms with E-state index in [9.17, 15) is 4.79 Å². The Labute approximate surface area is 147 Å². The summed E-state index contributed by atoms with van der Waals surface area (Å²) in [5.74, 6) is 2.52. The smallest absolute Gasteiger partial charge is 0.307 e. The van der Waals surface area contributed by atoms with Crippen molar-refractivity contribution in [3.8, 4) is 11.5 Å². The average Bonchev–Trinajstić information content (AvgIpc) is 2.94. The number of nitrogens with zero attached hydrogens (tertiary/aromatic N) is 1. The van der Waals surface area contributed by atoms with Crippen LogP contribution in [0, 0.1) is 5.92 Å². The number of hydrogen-bond donors (Lipinski definition) is 0. The zero-order chi connectivity index (χ0) is 17.3. The highest BCUT2D eigenvalue weighted by molar-refractivity contribution is 5.68. The summed E-state index contributed by atoms with van der Waals surface area (Å²) in [7, 11) is 3.91. The lowest BCUT2D eigenvalue weighted by atomic mass is 9.53. The van der Waals surface area contributed by atoms with Gasteiger partial charge in [-0.25, -0.2) is 0 Å². The molecule has 132 valence electrons. The summed E-state index contributed by atoms with van der Waals surface area (Å²) >= 11 is 0. The molecule has 1 aromatic rings. The molecule has 25 heavy (non-hydrogen) atoms. The van der Waals surface area contributed by atoms with Crippen LogP contribution in [0.2, 0.25) is 0 Å². The molecule has 0 aromatic heterocycles. The largest absolute Gasteiger partial charge is 0.493 e. The van der Waals surface area contributed by atoms with Gasteiger partial charge < -0.3 is 19.1 Å². The van der Waals surface area contributed by atoms with E-state index in [1.807, 2.05) is 6.07 Å². The summed E-state index contributed by atoms with van der Waals surface area (Å²) in [5.41, 5.74) is 2.56. The van der Waals surface area contributed by atoms with Gasteiger partial charge in [0.05, 0.1) is 7.11 Å². The summed E-state index contributed by atoms with van der Waals surface area (Å²) in [5, 5.41) is 0. The van der Waals surface area contributed by atoms with Crippen LogP contribution in [0.15, 0.2) is 24.0 Å². The Morgan fingerprint density at radius 1 is 1.40 bits per heavy atom. The van der Waals surface area contributed by atoms with Gasteiger partial charge in [0.25, 0.3) is 0 Å². The lowest BCUT2D eigenvalue weighted by Crippen LogP contribution is -2.63. The highest BCUT2D eigenvalue weighted by atomic mass is 16.6. The summed E-state index contributed by atoms with van der Waals surface area (Å²) < 4.78 is 17.6. The molecular weight excluding hydrogens is 318 g/mol. The SMILES string of the molecule is COc1ccc2c3c1OC1C(OC(C)=O)=CCC4[C@@H](C2)N(C)CC[C@]314. The molecule has 0 amide bonds. The minimum Gasteiger partial charge on any atom is -0.493 e. The Balaban J connectivity index is 1.74. The third-order valence-corrected chi connectivity index (χ3v) is 6.69. The van der Waals surface area contributed by atoms with Gasteiger partial charge in [-0.05, 0) is 56.5 Å². The molecule has 2 bridgehead atoms. The predicted molar refractivity (Wildman–Crippen MR) is 91.8 cm³/mol. The van der Waals surface area contributed by atoms with Gasteiger partial charge in [-0.2, -0.15) is 0 Å². The molecular formula is C20H23NO4. The Kier molecular flexibility index (Phi) is 3.06. The molecule has 2 unspecified atom stereocenters. The van der Waals surface area contributed by atoms with Crippen LogP contribution in [0.1, 0.15) is 30.9 Å². The molecule has 0 radical (unpaired) electrons. The van der Waals surface area contributed by atoms with Crippen LogP contribution in [0.3, 0.4) is 0 Å². The average molecular weight is 341 g/mol. The third kappa shape index (κ3) is 1.79. The van der Waals surface area contributed by atoms with Crippen molar-refractivity contribution in [3.05, 3.63) is 35.1 Å². The highest BCUT2D eigenvalue weighted by Crippen LogP contribution is 2.63. The van der Waals surface area contributed by atoms with Crippen molar-refractivity contribution >= 4 is 5.97 Å². The van der Waals surface area contributed by atoms with Gasteiger partial charge in [0.15, 0.2) is 17.6 Å². The molecule has 1 aromatic carbocycles. The molecule has 2 heterocycles. The van der Waals surface area contributed by atoms with Crippen LogP contribution in [-0.4, -0.2) is 43.7 Å². The van der Waals surface area contributed by atoms with Crippen LogP contribution >= 0.6 is 0 Å². The molecule has 5 heteroatoms. The first kappa shape index (κ1) is 15.3. The van der Waals surface area contributed by atoms with E-state index >= 15 is 0 Å². The highest BCUT2D eigenvalue weighted by Gasteiger charge is 2.64. The second-order valence-corrected chi connectivity index (χ2v) is 7.71. The number of carbonyl (C=O) groups is 1. The van der Waals surface area contributed by atoms with Gasteiger partial charge in [-0.1, -0.05) is 6.07 Å². The van der Waals surface area contributed by atoms with Crippen LogP contribution in [0.4, 0.5) is 0 Å². The van der Waals surface area contributed by atoms with Crippen LogP contribution in [0.5, 0.6) is 11.5 Å². The molecule has 2 aliphatic heterocycles. The van der Waals surface area contributed by atoms with Gasteiger partial charge >= 0.3 is 5.97 Å². The maximum absolute atomic E-state index is 11.6. The number of piperidine rings is 1. The van der Waals surface area contributed by atoms with Crippen molar-refractivity contribution in [2.75, 3.05) is 20.7 Å². The number of ether oxygens (including phenoxy) is 3. The van der Waals surface area contributed by atoms with Gasteiger partial charge in [0, 0.05) is 23.9 Å². The fourth-order valence-corrected chi connectivity index (χ4v) is 5.73. The number of hydrogen-bond acceptors (Lipinski definition) is 5. The Morgan fingerprint density at radius 3 is 3.00 bits per heavy atom. The van der Waals surface area contributed by atoms with Crippen molar-refractivity contribution in [2.45, 2.75) is 43.7 Å². The molecule has 4 aliphatic rings. The first-order valence-corrected chi connectivity index (χ1v) is 9.02. The van der Waals surface area contributed by atoms with Gasteiger partial charge in [-0.15, -0.1) is 0 Å². The van der Waals surface area contributed by atoms with Crippen LogP contribution in [-0.2, 0) is 21.4 Å². The number of likely N-dealkylation sites (tertiary alicyclic amines) is 1. The molecule has 5 nitrogen and oxygen atoms in total. The van der Waals surface area contributed by atoms with Crippen LogP contribution in [0.25, 0.3) is 0 Å². The van der Waals surface area contributed by atoms with E-state index in [2.05, 4.69) is 24.1 Å². The molecule has 1 fully saturated rings. The van der Waals surface area contributed by atoms with Crippen molar-refractivity contribution in [3.63, 3.8) is 0 Å². The Morgan fingerprint density at radius 2 is 2.24 bits per heavy atom. The molecule has 2 aliphatic carbocycles. The van der Waals surface area contributed by atoms with E-state index in [0.29, 0.717) is 17.7 Å². The van der Waals surface area contributed by atoms with E-state index in [0.717, 1.165) is 37.3 Å². The second kappa shape index (κ2) is 5.01. The summed E-state index contributed by atoms with van der Waals surface area (Å²) in [6.45, 7) is 2.49. The lowest BCUT2D eigenvalue weighted by Gasteiger charge is -2.56. The quantitative estimate of drug-likeness (QED) is 0.773. The van der Waals surface area contributed by atoms with Crippen molar-refractivity contribution in [2.24, 2.45) is 5.92 Å². The van der Waals surface area contributed by atoms with E-state index in [-0.39, 0.29) is 17.5 Å². The third-order valence-electron chi connectivity index (χ3n) is 6.69. The second-order valence-electron chi connectivity index (χ2n) is 7.71. The minimum absolute atomic E-state index is 0.103. The standard InChI is InChI=1S/C20H23NO4/c1-11(22)24-16-7-5-13-14-10-12-4-6-15(23-3)18-17(12)20(13,19(16)25-18)8-9-21(14)2/h4,6-7,13-14,19H,5,8-10H2,1-3H3/t13?,14-,19?,20+/m1/s1. The van der Waals surface area contributed by atoms with E-state index in [4.69, 9.17) is 14.2 Å². The number of allylic oxidation sites excluding steroid dienone is 1. The lowest BCUT2D eigenvalue weighted by molar-refractivity contribution is -0.140. The summed E-state index contributed by atoms with van der Waals surface area (Å²) in [4.78, 5) is 14.1. The Hall–Kier alpha value is -2.01. The fourth-order valence-electron chi connectivity index (χ4n) is 5.73. The minimum atomic E-state index is -0.284. The first-order valence-electron chi connectivity index (χ1n) is 9.02. The van der Waals surface area contributed by atoms with E-state index in [1.54, 1.807) is 7.11 Å². The topological polar surface area (TPSA) is 48.0 Å². The number of likely N-dealkylation sites (N-methyl/N-ethyl adjacent to an activating group) is 1. The molecule has 0 N–H and O–H groups in total. The normalized spacial score (nSPS) is 34.7. The molecule has 4 atom stereocenters. The van der Waals surface area contributed by atoms with Crippen molar-refractivity contribution < 1.29 is 19.0 Å². The number of esters is 1. The number of methoxy groups -OCH3 is 1. The zero-order valence-corrected chi connectivity index (χ0v) is 14.9. The maximum atomic E-state index is 11.6. The number of carbonyl (C=O) groups excluding carboxylic acids is 1. The van der Waals surface area contributed by atoms with Crippen molar-refractivity contribution in [1.82, 2.24) is 4.90 Å². The molecule has 1 spiro atoms. The summed E-state index contributed by atoms with van der Waals surface area (Å²) in [6.07, 6.45) is 4.83. The predicted octanol–water partition coefficient (Wildman–Crippen LogP) is 2.42. The zero-order valence-electron chi connectivity index (χ0n) is 14.9. The van der Waals surface area contributed by atoms with E-state index < -0.39 is 0 Å². The maximum Gasteiger partial charge on any atom is 0.307 e. The van der Waals surface area contributed by atoms with Gasteiger partial charge in [0.2, 0.25) is 0 Å². The molecule has 5 rings (SSSR count). The number of rotatable bonds is 2. The van der Waals surface area contributed by atoms with Gasteiger partial charge in [0.1, 0.15) is 5.76 Å². The number of benzene rings is 1. The summed E-state index contributed by atoms with van der Waals surface area (Å²) in [6, 6.07) is 4.70. The molecule has 1 saturated heterocycles. The Bertz CT molecular complexity index is 801. The fraction of sp³-hybridized carbons (Fsp3) is 0.550.